The van der Waals surface area contributed by atoms with Crippen LogP contribution < -0.4 is 5.32 Å². The lowest BCUT2D eigenvalue weighted by atomic mass is 9.64. The Morgan fingerprint density at radius 1 is 1.06 bits per heavy atom. The van der Waals surface area contributed by atoms with Crippen LogP contribution in [0.1, 0.15) is 60.7 Å². The number of carbonyl (C=O) groups excluding carboxylic acids is 5. The van der Waals surface area contributed by atoms with Crippen molar-refractivity contribution in [2.45, 2.75) is 45.6 Å². The Bertz CT molecular complexity index is 968. The summed E-state index contributed by atoms with van der Waals surface area (Å²) >= 11 is 0. The monoisotopic (exact) mass is 427 g/mol. The first-order chi connectivity index (χ1) is 14.5. The Kier molecular flexibility index (Phi) is 4.87. The molecular weight excluding hydrogens is 402 g/mol. The summed E-state index contributed by atoms with van der Waals surface area (Å²) in [6, 6.07) is 5.70. The summed E-state index contributed by atoms with van der Waals surface area (Å²) in [5.41, 5.74) is -0.647. The van der Waals surface area contributed by atoms with Crippen LogP contribution in [0.25, 0.3) is 0 Å². The van der Waals surface area contributed by atoms with Gasteiger partial charge in [-0.1, -0.05) is 32.9 Å². The molecule has 1 saturated carbocycles. The Labute approximate surface area is 179 Å². The summed E-state index contributed by atoms with van der Waals surface area (Å²) in [5.74, 6) is -2.18. The molecule has 3 aliphatic rings. The van der Waals surface area contributed by atoms with Gasteiger partial charge in [-0.3, -0.25) is 24.1 Å². The van der Waals surface area contributed by atoms with Gasteiger partial charge in [0, 0.05) is 0 Å². The van der Waals surface area contributed by atoms with E-state index in [2.05, 4.69) is 19.2 Å². The van der Waals surface area contributed by atoms with Gasteiger partial charge in [-0.15, -0.1) is 0 Å². The van der Waals surface area contributed by atoms with Gasteiger partial charge in [0.1, 0.15) is 12.1 Å². The molecule has 1 N–H and O–H groups in total. The van der Waals surface area contributed by atoms with Gasteiger partial charge in [0.25, 0.3) is 17.7 Å². The standard InChI is InChI=1S/C22H25N3O6/c1-13-8-21(2,3)11-22(9-13)19(29)24(20(30)23-22)10-16(26)31-12-25-17(27)14-6-4-5-7-15(14)18(25)28/h4-7,13H,8-12H2,1-3H3,(H,23,30)/t13-,22-/m0/s1. The number of nitrogens with zero attached hydrogens (tertiary/aromatic N) is 2. The highest BCUT2D eigenvalue weighted by Gasteiger charge is 2.56. The van der Waals surface area contributed by atoms with Crippen molar-refractivity contribution in [3.8, 4) is 0 Å². The lowest BCUT2D eigenvalue weighted by molar-refractivity contribution is -0.150. The zero-order valence-corrected chi connectivity index (χ0v) is 17.8. The third-order valence-corrected chi connectivity index (χ3v) is 6.14. The van der Waals surface area contributed by atoms with Crippen LogP contribution >= 0.6 is 0 Å². The Morgan fingerprint density at radius 2 is 1.68 bits per heavy atom. The number of esters is 1. The zero-order valence-electron chi connectivity index (χ0n) is 17.8. The van der Waals surface area contributed by atoms with Crippen LogP contribution in [0.3, 0.4) is 0 Å². The highest BCUT2D eigenvalue weighted by molar-refractivity contribution is 6.21. The minimum Gasteiger partial charge on any atom is -0.442 e. The number of hydrogen-bond donors (Lipinski definition) is 1. The van der Waals surface area contributed by atoms with E-state index in [1.54, 1.807) is 12.1 Å². The van der Waals surface area contributed by atoms with Gasteiger partial charge in [-0.05, 0) is 42.7 Å². The van der Waals surface area contributed by atoms with Crippen molar-refractivity contribution in [1.82, 2.24) is 15.1 Å². The van der Waals surface area contributed by atoms with Crippen LogP contribution in [-0.4, -0.2) is 58.3 Å². The summed E-state index contributed by atoms with van der Waals surface area (Å²) < 4.78 is 5.07. The van der Waals surface area contributed by atoms with Crippen LogP contribution in [0.15, 0.2) is 24.3 Å². The average Bonchev–Trinajstić information content (AvgIpc) is 3.04. The van der Waals surface area contributed by atoms with Crippen molar-refractivity contribution in [2.75, 3.05) is 13.3 Å². The normalized spacial score (nSPS) is 27.0. The van der Waals surface area contributed by atoms with Gasteiger partial charge in [0.2, 0.25) is 0 Å². The lowest BCUT2D eigenvalue weighted by Gasteiger charge is -2.43. The number of benzene rings is 1. The Morgan fingerprint density at radius 3 is 2.26 bits per heavy atom. The summed E-state index contributed by atoms with van der Waals surface area (Å²) in [4.78, 5) is 64.3. The van der Waals surface area contributed by atoms with Crippen molar-refractivity contribution in [1.29, 1.82) is 0 Å². The van der Waals surface area contributed by atoms with Crippen LogP contribution in [-0.2, 0) is 14.3 Å². The van der Waals surface area contributed by atoms with Crippen molar-refractivity contribution in [3.63, 3.8) is 0 Å². The number of hydrogen-bond acceptors (Lipinski definition) is 6. The largest absolute Gasteiger partial charge is 0.442 e. The molecule has 31 heavy (non-hydrogen) atoms. The van der Waals surface area contributed by atoms with E-state index in [-0.39, 0.29) is 22.5 Å². The highest BCUT2D eigenvalue weighted by Crippen LogP contribution is 2.46. The molecule has 1 spiro atoms. The van der Waals surface area contributed by atoms with Crippen LogP contribution in [0.5, 0.6) is 0 Å². The predicted molar refractivity (Wildman–Crippen MR) is 108 cm³/mol. The molecule has 2 atom stereocenters. The number of ether oxygens (including phenoxy) is 1. The molecule has 0 unspecified atom stereocenters. The fraction of sp³-hybridized carbons (Fsp3) is 0.500. The molecule has 1 saturated heterocycles. The van der Waals surface area contributed by atoms with E-state index in [1.807, 2.05) is 6.92 Å². The zero-order chi connectivity index (χ0) is 22.6. The van der Waals surface area contributed by atoms with Gasteiger partial charge >= 0.3 is 12.0 Å². The second-order valence-corrected chi connectivity index (χ2v) is 9.49. The maximum atomic E-state index is 13.1. The molecule has 2 aliphatic heterocycles. The predicted octanol–water partition coefficient (Wildman–Crippen LogP) is 1.92. The second kappa shape index (κ2) is 7.18. The molecule has 4 rings (SSSR count). The number of amides is 5. The molecule has 0 aromatic heterocycles. The molecule has 9 nitrogen and oxygen atoms in total. The summed E-state index contributed by atoms with van der Waals surface area (Å²) in [7, 11) is 0. The molecule has 164 valence electrons. The first-order valence-corrected chi connectivity index (χ1v) is 10.3. The van der Waals surface area contributed by atoms with Gasteiger partial charge < -0.3 is 10.1 Å². The summed E-state index contributed by atoms with van der Waals surface area (Å²) in [5, 5.41) is 2.79. The van der Waals surface area contributed by atoms with Crippen molar-refractivity contribution in [2.24, 2.45) is 11.3 Å². The molecule has 9 heteroatoms. The molecule has 1 aromatic rings. The third-order valence-electron chi connectivity index (χ3n) is 6.14. The van der Waals surface area contributed by atoms with E-state index in [0.29, 0.717) is 12.8 Å². The second-order valence-electron chi connectivity index (χ2n) is 9.49. The van der Waals surface area contributed by atoms with Gasteiger partial charge in [-0.25, -0.2) is 9.69 Å². The molecule has 1 aromatic carbocycles. The smallest absolute Gasteiger partial charge is 0.328 e. The fourth-order valence-corrected chi connectivity index (χ4v) is 5.32. The van der Waals surface area contributed by atoms with E-state index >= 15 is 0 Å². The Balaban J connectivity index is 1.39. The third kappa shape index (κ3) is 3.58. The van der Waals surface area contributed by atoms with Gasteiger partial charge in [-0.2, -0.15) is 0 Å². The number of carbonyl (C=O) groups is 5. The highest BCUT2D eigenvalue weighted by atomic mass is 16.5. The van der Waals surface area contributed by atoms with Gasteiger partial charge in [0.15, 0.2) is 6.73 Å². The Hall–Kier alpha value is -3.23. The van der Waals surface area contributed by atoms with Crippen LogP contribution in [0, 0.1) is 11.3 Å². The van der Waals surface area contributed by atoms with E-state index in [4.69, 9.17) is 4.74 Å². The summed E-state index contributed by atoms with van der Waals surface area (Å²) in [6.45, 7) is 5.00. The molecule has 0 radical (unpaired) electrons. The quantitative estimate of drug-likeness (QED) is 0.446. The molecule has 0 bridgehead atoms. The van der Waals surface area contributed by atoms with Crippen molar-refractivity contribution < 1.29 is 28.7 Å². The van der Waals surface area contributed by atoms with Crippen molar-refractivity contribution in [3.05, 3.63) is 35.4 Å². The number of imide groups is 2. The molecule has 5 amide bonds. The molecular formula is C22H25N3O6. The molecule has 2 fully saturated rings. The minimum atomic E-state index is -1.01. The number of urea groups is 1. The molecule has 1 aliphatic carbocycles. The van der Waals surface area contributed by atoms with Crippen molar-refractivity contribution >= 4 is 29.7 Å². The van der Waals surface area contributed by atoms with E-state index in [0.717, 1.165) is 16.2 Å². The average molecular weight is 427 g/mol. The first-order valence-electron chi connectivity index (χ1n) is 10.3. The van der Waals surface area contributed by atoms with Crippen LogP contribution in [0.4, 0.5) is 4.79 Å². The topological polar surface area (TPSA) is 113 Å². The number of rotatable bonds is 4. The maximum absolute atomic E-state index is 13.1. The lowest BCUT2D eigenvalue weighted by Crippen LogP contribution is -2.54. The van der Waals surface area contributed by atoms with E-state index in [1.165, 1.54) is 12.1 Å². The summed E-state index contributed by atoms with van der Waals surface area (Å²) in [6.07, 6.45) is 1.96. The maximum Gasteiger partial charge on any atom is 0.328 e. The minimum absolute atomic E-state index is 0.122. The van der Waals surface area contributed by atoms with Crippen LogP contribution in [0.2, 0.25) is 0 Å². The van der Waals surface area contributed by atoms with Gasteiger partial charge in [0.05, 0.1) is 11.1 Å². The number of nitrogens with one attached hydrogen (secondary N) is 1. The first kappa shape index (κ1) is 21.0. The SMILES string of the molecule is C[C@H]1CC(C)(C)C[C@]2(C1)NC(=O)N(CC(=O)OCN1C(=O)c3ccccc3C1=O)C2=O. The van der Waals surface area contributed by atoms with E-state index < -0.39 is 48.5 Å². The van der Waals surface area contributed by atoms with E-state index in [9.17, 15) is 24.0 Å². The molecule has 2 heterocycles. The number of fused-ring (bicyclic) bond motifs is 1. The fourth-order valence-electron chi connectivity index (χ4n) is 5.32.